The summed E-state index contributed by atoms with van der Waals surface area (Å²) in [7, 11) is 0. The zero-order chi connectivity index (χ0) is 11.8. The van der Waals surface area contributed by atoms with E-state index in [1.807, 2.05) is 0 Å². The van der Waals surface area contributed by atoms with Crippen LogP contribution in [0, 0.1) is 0 Å². The maximum absolute atomic E-state index is 11.5. The molecule has 0 aromatic heterocycles. The molecule has 0 unspecified atom stereocenters. The van der Waals surface area contributed by atoms with Crippen molar-refractivity contribution in [3.05, 3.63) is 0 Å². The van der Waals surface area contributed by atoms with Gasteiger partial charge in [-0.25, -0.2) is 0 Å². The Bertz CT molecular complexity index is 208. The predicted octanol–water partition coefficient (Wildman–Crippen LogP) is 1.22. The normalized spacial score (nSPS) is 24.6. The number of ether oxygens (including phenoxy) is 1. The molecule has 0 bridgehead atoms. The minimum Gasteiger partial charge on any atom is -0.465 e. The summed E-state index contributed by atoms with van der Waals surface area (Å²) < 4.78 is 5.14. The lowest BCUT2D eigenvalue weighted by Gasteiger charge is -2.09. The highest BCUT2D eigenvalue weighted by atomic mass is 16.5. The molecular weight excluding hydrogens is 206 g/mol. The highest BCUT2D eigenvalue weighted by Crippen LogP contribution is 2.08. The second-order valence-electron chi connectivity index (χ2n) is 4.43. The van der Waals surface area contributed by atoms with Crippen molar-refractivity contribution in [2.75, 3.05) is 13.2 Å². The van der Waals surface area contributed by atoms with Crippen LogP contribution in [0.3, 0.4) is 0 Å². The van der Waals surface area contributed by atoms with Gasteiger partial charge in [0.2, 0.25) is 0 Å². The molecule has 0 aliphatic carbocycles. The summed E-state index contributed by atoms with van der Waals surface area (Å²) in [6.07, 6.45) is 5.85. The maximum Gasteiger partial charge on any atom is 0.323 e. The van der Waals surface area contributed by atoms with E-state index in [9.17, 15) is 9.90 Å². The van der Waals surface area contributed by atoms with Crippen molar-refractivity contribution >= 4 is 5.97 Å². The van der Waals surface area contributed by atoms with Gasteiger partial charge in [0, 0.05) is 13.0 Å². The van der Waals surface area contributed by atoms with Crippen molar-refractivity contribution in [2.45, 2.75) is 57.6 Å². The third kappa shape index (κ3) is 4.94. The van der Waals surface area contributed by atoms with Crippen LogP contribution in [0.15, 0.2) is 0 Å². The van der Waals surface area contributed by atoms with Crippen LogP contribution in [0.4, 0.5) is 0 Å². The molecule has 0 radical (unpaired) electrons. The maximum atomic E-state index is 11.5. The van der Waals surface area contributed by atoms with Gasteiger partial charge in [0.25, 0.3) is 0 Å². The van der Waals surface area contributed by atoms with Crippen molar-refractivity contribution in [3.8, 4) is 0 Å². The summed E-state index contributed by atoms with van der Waals surface area (Å²) in [5.41, 5.74) is 0. The molecule has 4 nitrogen and oxygen atoms in total. The number of hydrogen-bond donors (Lipinski definition) is 2. The number of β-amino-alcohol motifs (C(OH)–C–C–N with tert-alkyl or cyclic N) is 1. The van der Waals surface area contributed by atoms with E-state index in [1.54, 1.807) is 0 Å². The van der Waals surface area contributed by atoms with Gasteiger partial charge < -0.3 is 15.2 Å². The first-order chi connectivity index (χ1) is 7.74. The SMILES string of the molecule is CCCCCCCOC(=O)[C@H]1C[C@@H](O)CN1. The Labute approximate surface area is 97.4 Å². The third-order valence-corrected chi connectivity index (χ3v) is 2.88. The van der Waals surface area contributed by atoms with Crippen LogP contribution in [-0.2, 0) is 9.53 Å². The summed E-state index contributed by atoms with van der Waals surface area (Å²) >= 11 is 0. The fourth-order valence-electron chi connectivity index (χ4n) is 1.88. The minimum atomic E-state index is -0.401. The summed E-state index contributed by atoms with van der Waals surface area (Å²) in [5, 5.41) is 12.2. The Morgan fingerprint density at radius 1 is 1.38 bits per heavy atom. The van der Waals surface area contributed by atoms with Crippen LogP contribution >= 0.6 is 0 Å². The highest BCUT2D eigenvalue weighted by molar-refractivity contribution is 5.76. The Hall–Kier alpha value is -0.610. The molecule has 2 atom stereocenters. The molecule has 1 aliphatic rings. The van der Waals surface area contributed by atoms with Crippen LogP contribution in [-0.4, -0.2) is 36.4 Å². The van der Waals surface area contributed by atoms with Crippen LogP contribution in [0.2, 0.25) is 0 Å². The number of aliphatic hydroxyl groups is 1. The molecule has 1 rings (SSSR count). The van der Waals surface area contributed by atoms with Crippen LogP contribution < -0.4 is 5.32 Å². The first kappa shape index (κ1) is 13.5. The fraction of sp³-hybridized carbons (Fsp3) is 0.917. The molecule has 1 fully saturated rings. The second kappa shape index (κ2) is 7.63. The molecule has 1 saturated heterocycles. The lowest BCUT2D eigenvalue weighted by Crippen LogP contribution is -2.32. The van der Waals surface area contributed by atoms with Crippen molar-refractivity contribution in [1.82, 2.24) is 5.32 Å². The predicted molar refractivity (Wildman–Crippen MR) is 62.1 cm³/mol. The van der Waals surface area contributed by atoms with Gasteiger partial charge in [0.15, 0.2) is 0 Å². The Morgan fingerprint density at radius 2 is 2.12 bits per heavy atom. The molecule has 16 heavy (non-hydrogen) atoms. The van der Waals surface area contributed by atoms with Gasteiger partial charge in [-0.05, 0) is 6.42 Å². The molecule has 0 amide bonds. The summed E-state index contributed by atoms with van der Waals surface area (Å²) in [5.74, 6) is -0.216. The van der Waals surface area contributed by atoms with E-state index >= 15 is 0 Å². The zero-order valence-electron chi connectivity index (χ0n) is 10.1. The minimum absolute atomic E-state index is 0.216. The number of aliphatic hydroxyl groups excluding tert-OH is 1. The van der Waals surface area contributed by atoms with E-state index in [1.165, 1.54) is 19.3 Å². The van der Waals surface area contributed by atoms with E-state index in [2.05, 4.69) is 12.2 Å². The van der Waals surface area contributed by atoms with Crippen LogP contribution in [0.25, 0.3) is 0 Å². The van der Waals surface area contributed by atoms with Gasteiger partial charge in [-0.3, -0.25) is 4.79 Å². The van der Waals surface area contributed by atoms with E-state index < -0.39 is 6.10 Å². The largest absolute Gasteiger partial charge is 0.465 e. The quantitative estimate of drug-likeness (QED) is 0.509. The first-order valence-electron chi connectivity index (χ1n) is 6.32. The number of esters is 1. The smallest absolute Gasteiger partial charge is 0.323 e. The average Bonchev–Trinajstić information content (AvgIpc) is 2.70. The van der Waals surface area contributed by atoms with Gasteiger partial charge in [0.05, 0.1) is 12.7 Å². The third-order valence-electron chi connectivity index (χ3n) is 2.88. The van der Waals surface area contributed by atoms with Crippen LogP contribution in [0.1, 0.15) is 45.4 Å². The number of carbonyl (C=O) groups is 1. The number of hydrogen-bond acceptors (Lipinski definition) is 4. The Morgan fingerprint density at radius 3 is 2.75 bits per heavy atom. The van der Waals surface area contributed by atoms with Gasteiger partial charge >= 0.3 is 5.97 Å². The lowest BCUT2D eigenvalue weighted by atomic mass is 10.2. The molecule has 4 heteroatoms. The molecule has 2 N–H and O–H groups in total. The average molecular weight is 229 g/mol. The fourth-order valence-corrected chi connectivity index (χ4v) is 1.88. The number of nitrogens with one attached hydrogen (secondary N) is 1. The monoisotopic (exact) mass is 229 g/mol. The van der Waals surface area contributed by atoms with Gasteiger partial charge in [0.1, 0.15) is 6.04 Å². The number of unbranched alkanes of at least 4 members (excludes halogenated alkanes) is 4. The molecule has 0 aromatic rings. The highest BCUT2D eigenvalue weighted by Gasteiger charge is 2.28. The van der Waals surface area contributed by atoms with Crippen molar-refractivity contribution in [3.63, 3.8) is 0 Å². The Balaban J connectivity index is 1.98. The van der Waals surface area contributed by atoms with Gasteiger partial charge in [-0.1, -0.05) is 32.6 Å². The number of rotatable bonds is 7. The molecular formula is C12H23NO3. The first-order valence-corrected chi connectivity index (χ1v) is 6.32. The lowest BCUT2D eigenvalue weighted by molar-refractivity contribution is -0.146. The molecule has 94 valence electrons. The van der Waals surface area contributed by atoms with E-state index in [4.69, 9.17) is 4.74 Å². The van der Waals surface area contributed by atoms with Crippen LogP contribution in [0.5, 0.6) is 0 Å². The van der Waals surface area contributed by atoms with Gasteiger partial charge in [-0.2, -0.15) is 0 Å². The molecule has 0 aromatic carbocycles. The molecule has 1 heterocycles. The van der Waals surface area contributed by atoms with Crippen molar-refractivity contribution < 1.29 is 14.6 Å². The van der Waals surface area contributed by atoms with Crippen molar-refractivity contribution in [2.24, 2.45) is 0 Å². The van der Waals surface area contributed by atoms with E-state index in [0.717, 1.165) is 12.8 Å². The van der Waals surface area contributed by atoms with Crippen molar-refractivity contribution in [1.29, 1.82) is 0 Å². The molecule has 1 aliphatic heterocycles. The zero-order valence-corrected chi connectivity index (χ0v) is 10.1. The Kier molecular flexibility index (Phi) is 6.42. The summed E-state index contributed by atoms with van der Waals surface area (Å²) in [6.45, 7) is 3.18. The summed E-state index contributed by atoms with van der Waals surface area (Å²) in [6, 6.07) is -0.300. The van der Waals surface area contributed by atoms with Gasteiger partial charge in [-0.15, -0.1) is 0 Å². The summed E-state index contributed by atoms with van der Waals surface area (Å²) in [4.78, 5) is 11.5. The van der Waals surface area contributed by atoms with E-state index in [-0.39, 0.29) is 12.0 Å². The molecule has 0 saturated carbocycles. The molecule has 0 spiro atoms. The standard InChI is InChI=1S/C12H23NO3/c1-2-3-4-5-6-7-16-12(15)11-8-10(14)9-13-11/h10-11,13-14H,2-9H2,1H3/t10-,11-/m1/s1. The van der Waals surface area contributed by atoms with E-state index in [0.29, 0.717) is 19.6 Å². The second-order valence-corrected chi connectivity index (χ2v) is 4.43. The topological polar surface area (TPSA) is 58.6 Å². The number of carbonyl (C=O) groups excluding carboxylic acids is 1.